The molecule has 12 heavy (non-hydrogen) atoms. The van der Waals surface area contributed by atoms with Crippen molar-refractivity contribution in [3.63, 3.8) is 0 Å². The molecule has 1 unspecified atom stereocenters. The number of nitrogens with zero attached hydrogens (tertiary/aromatic N) is 2. The van der Waals surface area contributed by atoms with Gasteiger partial charge in [0, 0.05) is 29.4 Å². The van der Waals surface area contributed by atoms with E-state index in [0.29, 0.717) is 12.3 Å². The number of hydrogen-bond acceptors (Lipinski definition) is 3. The van der Waals surface area contributed by atoms with E-state index in [-0.39, 0.29) is 6.61 Å². The van der Waals surface area contributed by atoms with Gasteiger partial charge in [-0.05, 0) is 0 Å². The molecule has 1 aromatic rings. The number of aliphatic hydroxyl groups excluding tert-OH is 1. The van der Waals surface area contributed by atoms with Gasteiger partial charge in [-0.15, -0.1) is 0 Å². The van der Waals surface area contributed by atoms with Gasteiger partial charge in [-0.2, -0.15) is 0 Å². The van der Waals surface area contributed by atoms with Gasteiger partial charge < -0.3 is 9.67 Å². The lowest BCUT2D eigenvalue weighted by molar-refractivity contribution is 0.271. The maximum absolute atomic E-state index is 10.8. The fourth-order valence-electron chi connectivity index (χ4n) is 0.908. The summed E-state index contributed by atoms with van der Waals surface area (Å²) in [5, 5.41) is 8.84. The Balaban J connectivity index is 2.56. The molecule has 0 aliphatic rings. The molecule has 1 heterocycles. The van der Waals surface area contributed by atoms with E-state index in [2.05, 4.69) is 4.98 Å². The van der Waals surface area contributed by atoms with Gasteiger partial charge in [0.2, 0.25) is 0 Å². The predicted octanol–water partition coefficient (Wildman–Crippen LogP) is -0.246. The Labute approximate surface area is 73.7 Å². The van der Waals surface area contributed by atoms with Crippen LogP contribution in [0.4, 0.5) is 0 Å². The van der Waals surface area contributed by atoms with Crippen molar-refractivity contribution < 1.29 is 9.32 Å². The first-order valence-corrected chi connectivity index (χ1v) is 5.36. The molecule has 0 amide bonds. The summed E-state index contributed by atoms with van der Waals surface area (Å²) in [6.45, 7) is 0.634. The second-order valence-electron chi connectivity index (χ2n) is 2.51. The Bertz CT molecular complexity index is 272. The highest BCUT2D eigenvalue weighted by Crippen LogP contribution is 1.98. The first kappa shape index (κ1) is 9.41. The van der Waals surface area contributed by atoms with Crippen LogP contribution in [0.1, 0.15) is 5.69 Å². The Morgan fingerprint density at radius 1 is 1.75 bits per heavy atom. The predicted molar refractivity (Wildman–Crippen MR) is 47.1 cm³/mol. The smallest absolute Gasteiger partial charge is 0.0949 e. The molecule has 0 saturated heterocycles. The van der Waals surface area contributed by atoms with Crippen molar-refractivity contribution in [2.45, 2.75) is 13.2 Å². The van der Waals surface area contributed by atoms with Crippen molar-refractivity contribution in [2.24, 2.45) is 0 Å². The minimum absolute atomic E-state index is 0.0175. The van der Waals surface area contributed by atoms with Crippen LogP contribution >= 0.6 is 0 Å². The molecule has 5 heteroatoms. The molecular formula is C7H12N2O2S. The van der Waals surface area contributed by atoms with E-state index in [4.69, 9.17) is 5.11 Å². The van der Waals surface area contributed by atoms with Gasteiger partial charge in [0.05, 0.1) is 24.8 Å². The maximum Gasteiger partial charge on any atom is 0.0949 e. The van der Waals surface area contributed by atoms with Gasteiger partial charge >= 0.3 is 0 Å². The molecule has 0 saturated carbocycles. The highest BCUT2D eigenvalue weighted by atomic mass is 32.2. The highest BCUT2D eigenvalue weighted by molar-refractivity contribution is 7.84. The van der Waals surface area contributed by atoms with Crippen LogP contribution in [0.15, 0.2) is 12.5 Å². The van der Waals surface area contributed by atoms with Crippen LogP contribution in [0.25, 0.3) is 0 Å². The van der Waals surface area contributed by atoms with Gasteiger partial charge in [0.15, 0.2) is 0 Å². The average Bonchev–Trinajstić information content (AvgIpc) is 2.47. The molecule has 0 aromatic carbocycles. The number of aliphatic hydroxyl groups is 1. The zero-order valence-electron chi connectivity index (χ0n) is 6.93. The lowest BCUT2D eigenvalue weighted by Gasteiger charge is -2.03. The minimum atomic E-state index is -0.791. The highest BCUT2D eigenvalue weighted by Gasteiger charge is 2.00. The molecule has 0 bridgehead atoms. The molecule has 0 spiro atoms. The van der Waals surface area contributed by atoms with Crippen molar-refractivity contribution in [3.05, 3.63) is 18.2 Å². The summed E-state index contributed by atoms with van der Waals surface area (Å²) in [5.41, 5.74) is 0.764. The topological polar surface area (TPSA) is 55.1 Å². The first-order chi connectivity index (χ1) is 5.74. The molecule has 1 rings (SSSR count). The quantitative estimate of drug-likeness (QED) is 0.709. The molecule has 0 radical (unpaired) electrons. The van der Waals surface area contributed by atoms with Crippen LogP contribution in [-0.2, 0) is 24.0 Å². The van der Waals surface area contributed by atoms with Crippen molar-refractivity contribution >= 4 is 10.8 Å². The van der Waals surface area contributed by atoms with Gasteiger partial charge in [-0.25, -0.2) is 4.98 Å². The second-order valence-corrected chi connectivity index (χ2v) is 4.07. The van der Waals surface area contributed by atoms with Crippen molar-refractivity contribution in [1.29, 1.82) is 0 Å². The van der Waals surface area contributed by atoms with Crippen LogP contribution in [0.2, 0.25) is 0 Å². The molecule has 0 aliphatic heterocycles. The number of rotatable bonds is 4. The molecule has 1 N–H and O–H groups in total. The van der Waals surface area contributed by atoms with Crippen LogP contribution in [0, 0.1) is 0 Å². The van der Waals surface area contributed by atoms with Crippen LogP contribution in [-0.4, -0.2) is 30.9 Å². The summed E-state index contributed by atoms with van der Waals surface area (Å²) < 4.78 is 12.6. The van der Waals surface area contributed by atoms with Crippen LogP contribution in [0.3, 0.4) is 0 Å². The van der Waals surface area contributed by atoms with Gasteiger partial charge in [-0.3, -0.25) is 4.21 Å². The summed E-state index contributed by atoms with van der Waals surface area (Å²) in [5.74, 6) is 0.601. The molecule has 0 aliphatic carbocycles. The first-order valence-electron chi connectivity index (χ1n) is 3.64. The van der Waals surface area contributed by atoms with Gasteiger partial charge in [0.25, 0.3) is 0 Å². The lowest BCUT2D eigenvalue weighted by atomic mass is 10.5. The zero-order valence-corrected chi connectivity index (χ0v) is 7.75. The summed E-state index contributed by atoms with van der Waals surface area (Å²) >= 11 is 0. The number of hydrogen-bond donors (Lipinski definition) is 1. The van der Waals surface area contributed by atoms with E-state index in [1.165, 1.54) is 0 Å². The standard InChI is InChI=1S/C7H12N2O2S/c1-12(11)3-2-9-6-8-4-7(9)5-10/h4,6,10H,2-3,5H2,1H3. The fraction of sp³-hybridized carbons (Fsp3) is 0.571. The second kappa shape index (κ2) is 4.37. The van der Waals surface area contributed by atoms with Crippen LogP contribution in [0.5, 0.6) is 0 Å². The summed E-state index contributed by atoms with van der Waals surface area (Å²) in [6, 6.07) is 0. The van der Waals surface area contributed by atoms with E-state index >= 15 is 0 Å². The molecule has 68 valence electrons. The number of aromatic nitrogens is 2. The normalized spacial score (nSPS) is 13.2. The average molecular weight is 188 g/mol. The van der Waals surface area contributed by atoms with E-state index in [1.54, 1.807) is 23.3 Å². The Hall–Kier alpha value is -0.680. The van der Waals surface area contributed by atoms with Crippen molar-refractivity contribution in [2.75, 3.05) is 12.0 Å². The number of imidazole rings is 1. The third kappa shape index (κ3) is 2.42. The summed E-state index contributed by atoms with van der Waals surface area (Å²) in [7, 11) is -0.791. The summed E-state index contributed by atoms with van der Waals surface area (Å²) in [6.07, 6.45) is 4.91. The Morgan fingerprint density at radius 3 is 3.08 bits per heavy atom. The van der Waals surface area contributed by atoms with E-state index in [1.807, 2.05) is 0 Å². The Morgan fingerprint density at radius 2 is 2.50 bits per heavy atom. The molecule has 1 atom stereocenters. The SMILES string of the molecule is CS(=O)CCn1cncc1CO. The monoisotopic (exact) mass is 188 g/mol. The number of aryl methyl sites for hydroxylation is 1. The minimum Gasteiger partial charge on any atom is -0.390 e. The molecule has 0 fully saturated rings. The van der Waals surface area contributed by atoms with Gasteiger partial charge in [-0.1, -0.05) is 0 Å². The van der Waals surface area contributed by atoms with Gasteiger partial charge in [0.1, 0.15) is 0 Å². The molecule has 4 nitrogen and oxygen atoms in total. The van der Waals surface area contributed by atoms with E-state index in [0.717, 1.165) is 5.69 Å². The Kier molecular flexibility index (Phi) is 3.43. The largest absolute Gasteiger partial charge is 0.390 e. The fourth-order valence-corrected chi connectivity index (χ4v) is 1.36. The molecule has 1 aromatic heterocycles. The van der Waals surface area contributed by atoms with Crippen molar-refractivity contribution in [1.82, 2.24) is 9.55 Å². The summed E-state index contributed by atoms with van der Waals surface area (Å²) in [4.78, 5) is 3.87. The molecular weight excluding hydrogens is 176 g/mol. The third-order valence-corrected chi connectivity index (χ3v) is 2.34. The third-order valence-electron chi connectivity index (χ3n) is 1.58. The van der Waals surface area contributed by atoms with E-state index in [9.17, 15) is 4.21 Å². The van der Waals surface area contributed by atoms with Crippen LogP contribution < -0.4 is 0 Å². The lowest BCUT2D eigenvalue weighted by Crippen LogP contribution is -2.08. The zero-order chi connectivity index (χ0) is 8.97. The van der Waals surface area contributed by atoms with Crippen molar-refractivity contribution in [3.8, 4) is 0 Å². The van der Waals surface area contributed by atoms with E-state index < -0.39 is 10.8 Å². The maximum atomic E-state index is 10.8.